The van der Waals surface area contributed by atoms with Gasteiger partial charge in [0.15, 0.2) is 5.69 Å². The van der Waals surface area contributed by atoms with Crippen LogP contribution >= 0.6 is 11.5 Å². The molecule has 0 saturated heterocycles. The van der Waals surface area contributed by atoms with E-state index in [-0.39, 0.29) is 34.3 Å². The lowest BCUT2D eigenvalue weighted by Crippen LogP contribution is -2.45. The van der Waals surface area contributed by atoms with Gasteiger partial charge in [-0.25, -0.2) is 0 Å². The predicted molar refractivity (Wildman–Crippen MR) is 145 cm³/mol. The number of aromatic nitrogens is 1. The SMILES string of the molecule is CCOC(=O)CNC(=O)[C@H](c1ccc(OCC)cc1)N(C(=O)c1snc(C(N)=O)c1N)c1ccccc1OC. The minimum Gasteiger partial charge on any atom is -0.495 e. The van der Waals surface area contributed by atoms with Crippen molar-refractivity contribution >= 4 is 46.6 Å². The Labute approximate surface area is 229 Å². The molecular formula is C26H29N5O7S. The van der Waals surface area contributed by atoms with Gasteiger partial charge in [0.25, 0.3) is 11.8 Å². The number of benzene rings is 2. The number of para-hydroxylation sites is 2. The van der Waals surface area contributed by atoms with Crippen molar-refractivity contribution in [3.8, 4) is 11.5 Å². The molecule has 2 aromatic carbocycles. The third kappa shape index (κ3) is 6.62. The van der Waals surface area contributed by atoms with Crippen LogP contribution in [0.4, 0.5) is 11.4 Å². The smallest absolute Gasteiger partial charge is 0.325 e. The Morgan fingerprint density at radius 3 is 2.33 bits per heavy atom. The van der Waals surface area contributed by atoms with Crippen molar-refractivity contribution in [3.05, 3.63) is 64.7 Å². The fraction of sp³-hybridized carbons (Fsp3) is 0.269. The molecule has 0 aliphatic heterocycles. The van der Waals surface area contributed by atoms with Gasteiger partial charge in [-0.05, 0) is 55.2 Å². The lowest BCUT2D eigenvalue weighted by Gasteiger charge is -2.32. The van der Waals surface area contributed by atoms with Gasteiger partial charge in [0, 0.05) is 0 Å². The molecule has 13 heteroatoms. The summed E-state index contributed by atoms with van der Waals surface area (Å²) in [6, 6.07) is 11.8. The molecule has 5 N–H and O–H groups in total. The second kappa shape index (κ2) is 13.2. The van der Waals surface area contributed by atoms with E-state index in [1.165, 1.54) is 12.0 Å². The largest absolute Gasteiger partial charge is 0.495 e. The first-order valence-corrected chi connectivity index (χ1v) is 12.7. The summed E-state index contributed by atoms with van der Waals surface area (Å²) in [6.07, 6.45) is 0. The molecule has 3 rings (SSSR count). The molecule has 0 bridgehead atoms. The standard InChI is InChI=1S/C26H29N5O7S/c1-4-37-16-12-10-15(11-13-16)22(25(34)29-14-19(32)38-5-2)31(17-8-6-7-9-18(17)36-3)26(35)23-20(27)21(24(28)33)30-39-23/h6-13,22H,4-5,14,27H2,1-3H3,(H2,28,33)(H,29,34)/t22-/m0/s1. The average molecular weight is 556 g/mol. The maximum atomic E-state index is 14.1. The van der Waals surface area contributed by atoms with Crippen molar-refractivity contribution in [1.29, 1.82) is 0 Å². The Morgan fingerprint density at radius 2 is 1.74 bits per heavy atom. The number of amides is 3. The van der Waals surface area contributed by atoms with E-state index in [2.05, 4.69) is 9.69 Å². The van der Waals surface area contributed by atoms with Crippen LogP contribution in [0, 0.1) is 0 Å². The van der Waals surface area contributed by atoms with Crippen molar-refractivity contribution in [2.24, 2.45) is 5.73 Å². The number of nitrogens with two attached hydrogens (primary N) is 2. The van der Waals surface area contributed by atoms with Gasteiger partial charge in [-0.15, -0.1) is 0 Å². The number of esters is 1. The molecule has 0 aliphatic rings. The molecule has 206 valence electrons. The third-order valence-corrected chi connectivity index (χ3v) is 6.30. The van der Waals surface area contributed by atoms with E-state index in [1.54, 1.807) is 55.5 Å². The van der Waals surface area contributed by atoms with E-state index < -0.39 is 36.3 Å². The number of ether oxygens (including phenoxy) is 3. The number of rotatable bonds is 12. The molecule has 12 nitrogen and oxygen atoms in total. The van der Waals surface area contributed by atoms with Crippen LogP contribution in [0.15, 0.2) is 48.5 Å². The number of nitrogens with zero attached hydrogens (tertiary/aromatic N) is 2. The number of hydrogen-bond acceptors (Lipinski definition) is 10. The number of nitrogen functional groups attached to an aromatic ring is 1. The van der Waals surface area contributed by atoms with Gasteiger partial charge in [-0.3, -0.25) is 24.1 Å². The summed E-state index contributed by atoms with van der Waals surface area (Å²) in [4.78, 5) is 52.7. The maximum absolute atomic E-state index is 14.1. The van der Waals surface area contributed by atoms with Crippen LogP contribution in [0.3, 0.4) is 0 Å². The highest BCUT2D eigenvalue weighted by Crippen LogP contribution is 2.38. The second-order valence-electron chi connectivity index (χ2n) is 7.91. The fourth-order valence-electron chi connectivity index (χ4n) is 3.73. The monoisotopic (exact) mass is 555 g/mol. The van der Waals surface area contributed by atoms with E-state index in [9.17, 15) is 19.2 Å². The van der Waals surface area contributed by atoms with Gasteiger partial charge in [0.2, 0.25) is 5.91 Å². The Bertz CT molecular complexity index is 1340. The van der Waals surface area contributed by atoms with Crippen molar-refractivity contribution in [2.45, 2.75) is 19.9 Å². The van der Waals surface area contributed by atoms with E-state index in [4.69, 9.17) is 25.7 Å². The number of methoxy groups -OCH3 is 1. The van der Waals surface area contributed by atoms with Gasteiger partial charge >= 0.3 is 5.97 Å². The molecule has 0 aliphatic carbocycles. The predicted octanol–water partition coefficient (Wildman–Crippen LogP) is 2.30. The van der Waals surface area contributed by atoms with Crippen molar-refractivity contribution in [2.75, 3.05) is 37.5 Å². The summed E-state index contributed by atoms with van der Waals surface area (Å²) in [6.45, 7) is 3.62. The number of carbonyl (C=O) groups is 4. The first kappa shape index (κ1) is 28.9. The minimum absolute atomic E-state index is 0.108. The van der Waals surface area contributed by atoms with Crippen LogP contribution < -0.4 is 31.2 Å². The summed E-state index contributed by atoms with van der Waals surface area (Å²) < 4.78 is 19.9. The van der Waals surface area contributed by atoms with E-state index in [0.29, 0.717) is 29.5 Å². The van der Waals surface area contributed by atoms with Gasteiger partial charge < -0.3 is 31.0 Å². The highest BCUT2D eigenvalue weighted by Gasteiger charge is 2.37. The van der Waals surface area contributed by atoms with Crippen LogP contribution in [0.1, 0.15) is 45.6 Å². The highest BCUT2D eigenvalue weighted by atomic mass is 32.1. The number of carbonyl (C=O) groups excluding carboxylic acids is 4. The lowest BCUT2D eigenvalue weighted by atomic mass is 10.0. The summed E-state index contributed by atoms with van der Waals surface area (Å²) in [5.74, 6) is -2.15. The second-order valence-corrected chi connectivity index (χ2v) is 8.69. The molecule has 3 aromatic rings. The van der Waals surface area contributed by atoms with Gasteiger partial charge in [-0.1, -0.05) is 24.3 Å². The molecular weight excluding hydrogens is 526 g/mol. The Hall–Kier alpha value is -4.65. The van der Waals surface area contributed by atoms with Crippen LogP contribution in [0.2, 0.25) is 0 Å². The Morgan fingerprint density at radius 1 is 1.05 bits per heavy atom. The van der Waals surface area contributed by atoms with Gasteiger partial charge in [0.05, 0.1) is 31.7 Å². The van der Waals surface area contributed by atoms with Crippen molar-refractivity contribution in [3.63, 3.8) is 0 Å². The lowest BCUT2D eigenvalue weighted by molar-refractivity contribution is -0.143. The molecule has 0 saturated carbocycles. The first-order chi connectivity index (χ1) is 18.7. The molecule has 1 aromatic heterocycles. The van der Waals surface area contributed by atoms with Crippen LogP contribution in [-0.2, 0) is 14.3 Å². The normalized spacial score (nSPS) is 11.3. The van der Waals surface area contributed by atoms with E-state index >= 15 is 0 Å². The molecule has 1 heterocycles. The molecule has 0 unspecified atom stereocenters. The number of hydrogen-bond donors (Lipinski definition) is 3. The molecule has 0 spiro atoms. The maximum Gasteiger partial charge on any atom is 0.325 e. The Balaban J connectivity index is 2.20. The zero-order chi connectivity index (χ0) is 28.5. The fourth-order valence-corrected chi connectivity index (χ4v) is 4.47. The van der Waals surface area contributed by atoms with Crippen LogP contribution in [-0.4, -0.2) is 54.9 Å². The summed E-state index contributed by atoms with van der Waals surface area (Å²) in [5, 5.41) is 2.54. The minimum atomic E-state index is -1.32. The van der Waals surface area contributed by atoms with E-state index in [0.717, 1.165) is 0 Å². The van der Waals surface area contributed by atoms with E-state index in [1.807, 2.05) is 6.92 Å². The zero-order valence-corrected chi connectivity index (χ0v) is 22.4. The van der Waals surface area contributed by atoms with Crippen LogP contribution in [0.5, 0.6) is 11.5 Å². The molecule has 1 atom stereocenters. The van der Waals surface area contributed by atoms with Gasteiger partial charge in [0.1, 0.15) is 29.0 Å². The first-order valence-electron chi connectivity index (χ1n) is 11.9. The Kier molecular flexibility index (Phi) is 9.81. The molecule has 0 radical (unpaired) electrons. The highest BCUT2D eigenvalue weighted by molar-refractivity contribution is 7.09. The summed E-state index contributed by atoms with van der Waals surface area (Å²) in [5.41, 5.74) is 11.6. The third-order valence-electron chi connectivity index (χ3n) is 5.44. The molecule has 3 amide bonds. The zero-order valence-electron chi connectivity index (χ0n) is 21.6. The summed E-state index contributed by atoms with van der Waals surface area (Å²) >= 11 is 0.674. The topological polar surface area (TPSA) is 176 Å². The molecule has 0 fully saturated rings. The van der Waals surface area contributed by atoms with Crippen molar-refractivity contribution < 1.29 is 33.4 Å². The molecule has 39 heavy (non-hydrogen) atoms. The number of primary amides is 1. The number of anilines is 2. The van der Waals surface area contributed by atoms with Crippen molar-refractivity contribution in [1.82, 2.24) is 9.69 Å². The number of nitrogens with one attached hydrogen (secondary N) is 1. The summed E-state index contributed by atoms with van der Waals surface area (Å²) in [7, 11) is 1.42. The average Bonchev–Trinajstić information content (AvgIpc) is 3.32. The van der Waals surface area contributed by atoms with Gasteiger partial charge in [-0.2, -0.15) is 4.37 Å². The quantitative estimate of drug-likeness (QED) is 0.283. The van der Waals surface area contributed by atoms with Crippen LogP contribution in [0.25, 0.3) is 0 Å².